The van der Waals surface area contributed by atoms with Crippen LogP contribution in [0.1, 0.15) is 16.1 Å². The minimum absolute atomic E-state index is 0.0839. The van der Waals surface area contributed by atoms with Crippen molar-refractivity contribution in [2.45, 2.75) is 6.92 Å². The fourth-order valence-electron chi connectivity index (χ4n) is 2.04. The quantitative estimate of drug-likeness (QED) is 0.484. The SMILES string of the molecule is COC(=O)c1nn(-c2c(C)cccc2OC)c(=O)cc1NN. The van der Waals surface area contributed by atoms with E-state index in [0.717, 1.165) is 10.2 Å². The minimum atomic E-state index is -0.714. The first-order valence-electron chi connectivity index (χ1n) is 6.36. The molecule has 8 heteroatoms. The molecule has 0 fully saturated rings. The van der Waals surface area contributed by atoms with E-state index in [0.29, 0.717) is 11.4 Å². The molecule has 0 amide bonds. The van der Waals surface area contributed by atoms with E-state index >= 15 is 0 Å². The summed E-state index contributed by atoms with van der Waals surface area (Å²) in [6.07, 6.45) is 0. The molecule has 0 saturated carbocycles. The summed E-state index contributed by atoms with van der Waals surface area (Å²) >= 11 is 0. The van der Waals surface area contributed by atoms with Crippen LogP contribution in [0.5, 0.6) is 5.75 Å². The fraction of sp³-hybridized carbons (Fsp3) is 0.214. The molecule has 0 aliphatic rings. The summed E-state index contributed by atoms with van der Waals surface area (Å²) in [5.74, 6) is 5.06. The summed E-state index contributed by atoms with van der Waals surface area (Å²) in [6, 6.07) is 6.47. The zero-order valence-electron chi connectivity index (χ0n) is 12.4. The number of hydrazine groups is 1. The molecule has 0 aliphatic heterocycles. The molecule has 1 heterocycles. The van der Waals surface area contributed by atoms with Gasteiger partial charge in [-0.1, -0.05) is 12.1 Å². The molecule has 116 valence electrons. The van der Waals surface area contributed by atoms with Gasteiger partial charge in [-0.3, -0.25) is 10.6 Å². The van der Waals surface area contributed by atoms with Crippen molar-refractivity contribution in [3.05, 3.63) is 45.9 Å². The number of hydrogen-bond donors (Lipinski definition) is 2. The van der Waals surface area contributed by atoms with E-state index in [1.165, 1.54) is 20.3 Å². The Labute approximate surface area is 126 Å². The van der Waals surface area contributed by atoms with Gasteiger partial charge in [0.05, 0.1) is 19.9 Å². The molecule has 8 nitrogen and oxygen atoms in total. The van der Waals surface area contributed by atoms with Gasteiger partial charge in [0.2, 0.25) is 0 Å². The van der Waals surface area contributed by atoms with Crippen LogP contribution in [-0.4, -0.2) is 30.0 Å². The molecule has 22 heavy (non-hydrogen) atoms. The number of methoxy groups -OCH3 is 2. The Morgan fingerprint density at radius 1 is 1.36 bits per heavy atom. The lowest BCUT2D eigenvalue weighted by atomic mass is 10.2. The lowest BCUT2D eigenvalue weighted by Gasteiger charge is -2.14. The van der Waals surface area contributed by atoms with Crippen molar-refractivity contribution >= 4 is 11.7 Å². The maximum Gasteiger partial charge on any atom is 0.360 e. The first-order valence-corrected chi connectivity index (χ1v) is 6.36. The molecule has 1 aromatic carbocycles. The highest BCUT2D eigenvalue weighted by atomic mass is 16.5. The van der Waals surface area contributed by atoms with Crippen LogP contribution in [0.3, 0.4) is 0 Å². The minimum Gasteiger partial charge on any atom is -0.494 e. The van der Waals surface area contributed by atoms with Gasteiger partial charge in [0.1, 0.15) is 11.4 Å². The Morgan fingerprint density at radius 2 is 2.09 bits per heavy atom. The van der Waals surface area contributed by atoms with Crippen LogP contribution in [0.15, 0.2) is 29.1 Å². The number of esters is 1. The molecule has 0 aliphatic carbocycles. The number of ether oxygens (including phenoxy) is 2. The van der Waals surface area contributed by atoms with Crippen molar-refractivity contribution in [3.8, 4) is 11.4 Å². The van der Waals surface area contributed by atoms with Crippen molar-refractivity contribution in [2.75, 3.05) is 19.6 Å². The van der Waals surface area contributed by atoms with E-state index in [1.54, 1.807) is 25.1 Å². The number of aryl methyl sites for hydroxylation is 1. The molecule has 2 rings (SSSR count). The zero-order chi connectivity index (χ0) is 16.3. The van der Waals surface area contributed by atoms with Gasteiger partial charge in [0.15, 0.2) is 5.69 Å². The molecule has 0 bridgehead atoms. The molecule has 1 aromatic heterocycles. The monoisotopic (exact) mass is 304 g/mol. The number of anilines is 1. The predicted molar refractivity (Wildman–Crippen MR) is 80.3 cm³/mol. The van der Waals surface area contributed by atoms with Gasteiger partial charge in [-0.25, -0.2) is 4.79 Å². The van der Waals surface area contributed by atoms with Gasteiger partial charge in [0.25, 0.3) is 5.56 Å². The van der Waals surface area contributed by atoms with Gasteiger partial charge < -0.3 is 14.9 Å². The molecular formula is C14H16N4O4. The molecule has 0 radical (unpaired) electrons. The van der Waals surface area contributed by atoms with Crippen molar-refractivity contribution in [1.82, 2.24) is 9.78 Å². The Morgan fingerprint density at radius 3 is 2.68 bits per heavy atom. The second kappa shape index (κ2) is 6.27. The van der Waals surface area contributed by atoms with Crippen LogP contribution >= 0.6 is 0 Å². The summed E-state index contributed by atoms with van der Waals surface area (Å²) in [5.41, 5.74) is 2.99. The topological polar surface area (TPSA) is 108 Å². The van der Waals surface area contributed by atoms with E-state index < -0.39 is 11.5 Å². The number of carbonyl (C=O) groups excluding carboxylic acids is 1. The highest BCUT2D eigenvalue weighted by molar-refractivity contribution is 5.93. The summed E-state index contributed by atoms with van der Waals surface area (Å²) in [5, 5.41) is 4.06. The number of benzene rings is 1. The molecule has 3 N–H and O–H groups in total. The average Bonchev–Trinajstić information content (AvgIpc) is 2.53. The Kier molecular flexibility index (Phi) is 4.42. The first kappa shape index (κ1) is 15.5. The molecule has 0 saturated heterocycles. The number of nitrogens with zero attached hydrogens (tertiary/aromatic N) is 2. The van der Waals surface area contributed by atoms with Crippen LogP contribution in [-0.2, 0) is 4.74 Å². The van der Waals surface area contributed by atoms with Gasteiger partial charge in [-0.15, -0.1) is 0 Å². The number of nitrogens with one attached hydrogen (secondary N) is 1. The van der Waals surface area contributed by atoms with E-state index in [-0.39, 0.29) is 11.4 Å². The Hall–Kier alpha value is -2.87. The van der Waals surface area contributed by atoms with Crippen LogP contribution in [0.4, 0.5) is 5.69 Å². The summed E-state index contributed by atoms with van der Waals surface area (Å²) < 4.78 is 11.0. The standard InChI is InChI=1S/C14H16N4O4/c1-8-5-4-6-10(21-2)13(8)18-11(19)7-9(16-15)12(17-18)14(20)22-3/h4-7,16H,15H2,1-3H3. The number of aromatic nitrogens is 2. The molecule has 0 atom stereocenters. The third-order valence-electron chi connectivity index (χ3n) is 3.10. The average molecular weight is 304 g/mol. The van der Waals surface area contributed by atoms with Crippen LogP contribution in [0, 0.1) is 6.92 Å². The highest BCUT2D eigenvalue weighted by Crippen LogP contribution is 2.25. The number of para-hydroxylation sites is 1. The third kappa shape index (κ3) is 2.63. The van der Waals surface area contributed by atoms with Crippen molar-refractivity contribution in [3.63, 3.8) is 0 Å². The summed E-state index contributed by atoms with van der Waals surface area (Å²) in [7, 11) is 2.70. The molecule has 0 spiro atoms. The number of hydrogen-bond acceptors (Lipinski definition) is 7. The molecular weight excluding hydrogens is 288 g/mol. The number of nitrogen functional groups attached to an aromatic ring is 1. The van der Waals surface area contributed by atoms with Gasteiger partial charge >= 0.3 is 5.97 Å². The van der Waals surface area contributed by atoms with Crippen molar-refractivity contribution in [1.29, 1.82) is 0 Å². The Balaban J connectivity index is 2.77. The third-order valence-corrected chi connectivity index (χ3v) is 3.10. The van der Waals surface area contributed by atoms with Crippen molar-refractivity contribution in [2.24, 2.45) is 5.84 Å². The van der Waals surface area contributed by atoms with Gasteiger partial charge in [-0.2, -0.15) is 9.78 Å². The van der Waals surface area contributed by atoms with Gasteiger partial charge in [0, 0.05) is 6.07 Å². The lowest BCUT2D eigenvalue weighted by molar-refractivity contribution is 0.0593. The maximum absolute atomic E-state index is 12.3. The fourth-order valence-corrected chi connectivity index (χ4v) is 2.04. The largest absolute Gasteiger partial charge is 0.494 e. The smallest absolute Gasteiger partial charge is 0.360 e. The first-order chi connectivity index (χ1) is 10.5. The summed E-state index contributed by atoms with van der Waals surface area (Å²) in [4.78, 5) is 24.1. The van der Waals surface area contributed by atoms with Gasteiger partial charge in [-0.05, 0) is 18.6 Å². The van der Waals surface area contributed by atoms with Crippen LogP contribution < -0.4 is 21.6 Å². The Bertz CT molecular complexity index is 770. The predicted octanol–water partition coefficient (Wildman–Crippen LogP) is 0.622. The number of rotatable bonds is 4. The zero-order valence-corrected chi connectivity index (χ0v) is 12.4. The van der Waals surface area contributed by atoms with Crippen LogP contribution in [0.2, 0.25) is 0 Å². The maximum atomic E-state index is 12.3. The highest BCUT2D eigenvalue weighted by Gasteiger charge is 2.19. The van der Waals surface area contributed by atoms with E-state index in [9.17, 15) is 9.59 Å². The second-order valence-electron chi connectivity index (χ2n) is 4.42. The molecule has 2 aromatic rings. The van der Waals surface area contributed by atoms with Crippen LogP contribution in [0.25, 0.3) is 5.69 Å². The summed E-state index contributed by atoms with van der Waals surface area (Å²) in [6.45, 7) is 1.80. The number of carbonyl (C=O) groups is 1. The van der Waals surface area contributed by atoms with E-state index in [2.05, 4.69) is 15.3 Å². The van der Waals surface area contributed by atoms with E-state index in [4.69, 9.17) is 10.6 Å². The molecule has 0 unspecified atom stereocenters. The van der Waals surface area contributed by atoms with E-state index in [1.807, 2.05) is 0 Å². The second-order valence-corrected chi connectivity index (χ2v) is 4.42. The normalized spacial score (nSPS) is 10.2. The lowest BCUT2D eigenvalue weighted by Crippen LogP contribution is -2.27. The number of nitrogens with two attached hydrogens (primary N) is 1. The van der Waals surface area contributed by atoms with Crippen molar-refractivity contribution < 1.29 is 14.3 Å².